The number of halogens is 1. The molecule has 0 spiro atoms. The number of hydrogen-bond donors (Lipinski definition) is 2. The van der Waals surface area contributed by atoms with Crippen molar-refractivity contribution in [3.05, 3.63) is 34.9 Å². The van der Waals surface area contributed by atoms with E-state index in [9.17, 15) is 9.59 Å². The Balaban J connectivity index is 1.72. The molecule has 2 rings (SSSR count). The number of quaternary nitrogens is 1. The van der Waals surface area contributed by atoms with Gasteiger partial charge in [-0.05, 0) is 17.7 Å². The molecule has 0 atom stereocenters. The van der Waals surface area contributed by atoms with E-state index in [1.807, 2.05) is 29.2 Å². The second kappa shape index (κ2) is 7.43. The summed E-state index contributed by atoms with van der Waals surface area (Å²) in [6.45, 7) is 5.63. The number of carbonyl (C=O) groups is 2. The summed E-state index contributed by atoms with van der Waals surface area (Å²) in [6, 6.07) is 7.46. The molecule has 0 aliphatic carbocycles. The topological polar surface area (TPSA) is 53.9 Å². The fourth-order valence-corrected chi connectivity index (χ4v) is 2.66. The molecular weight excluding hydrogens is 290 g/mol. The Bertz CT molecular complexity index is 513. The van der Waals surface area contributed by atoms with E-state index < -0.39 is 0 Å². The Hall–Kier alpha value is -1.59. The van der Waals surface area contributed by atoms with Crippen molar-refractivity contribution in [2.24, 2.45) is 0 Å². The minimum Gasteiger partial charge on any atom is -0.347 e. The number of nitrogens with one attached hydrogen (secondary N) is 2. The van der Waals surface area contributed by atoms with Crippen molar-refractivity contribution >= 4 is 23.4 Å². The summed E-state index contributed by atoms with van der Waals surface area (Å²) in [5, 5.41) is 3.58. The fraction of sp³-hybridized carbons (Fsp3) is 0.467. The normalized spacial score (nSPS) is 15.8. The molecule has 1 aromatic carbocycles. The number of rotatable bonds is 4. The zero-order chi connectivity index (χ0) is 15.2. The molecule has 0 bridgehead atoms. The Morgan fingerprint density at radius 3 is 2.67 bits per heavy atom. The van der Waals surface area contributed by atoms with Crippen molar-refractivity contribution in [1.29, 1.82) is 0 Å². The number of carbonyl (C=O) groups excluding carboxylic acids is 2. The van der Waals surface area contributed by atoms with E-state index >= 15 is 0 Å². The Kier molecular flexibility index (Phi) is 5.59. The predicted octanol–water partition coefficient (Wildman–Crippen LogP) is -0.297. The van der Waals surface area contributed by atoms with E-state index in [-0.39, 0.29) is 11.8 Å². The maximum atomic E-state index is 11.9. The highest BCUT2D eigenvalue weighted by molar-refractivity contribution is 6.30. The van der Waals surface area contributed by atoms with Crippen molar-refractivity contribution in [1.82, 2.24) is 10.2 Å². The minimum absolute atomic E-state index is 0.0289. The van der Waals surface area contributed by atoms with Crippen molar-refractivity contribution in [2.75, 3.05) is 32.7 Å². The van der Waals surface area contributed by atoms with Gasteiger partial charge in [0, 0.05) is 18.5 Å². The molecule has 6 heteroatoms. The molecule has 5 nitrogen and oxygen atoms in total. The maximum absolute atomic E-state index is 11.9. The van der Waals surface area contributed by atoms with Gasteiger partial charge in [-0.2, -0.15) is 0 Å². The fourth-order valence-electron chi connectivity index (χ4n) is 2.45. The van der Waals surface area contributed by atoms with E-state index in [0.29, 0.717) is 18.1 Å². The SMILES string of the molecule is CC(=O)N1CC[NH+](CC(=O)NCc2cccc(Cl)c2)CC1. The van der Waals surface area contributed by atoms with Crippen molar-refractivity contribution in [3.8, 4) is 0 Å². The minimum atomic E-state index is 0.0289. The molecule has 114 valence electrons. The zero-order valence-corrected chi connectivity index (χ0v) is 12.9. The van der Waals surface area contributed by atoms with Gasteiger partial charge in [-0.3, -0.25) is 9.59 Å². The van der Waals surface area contributed by atoms with Crippen LogP contribution in [0.2, 0.25) is 5.02 Å². The van der Waals surface area contributed by atoms with E-state index in [1.165, 1.54) is 4.90 Å². The van der Waals surface area contributed by atoms with Gasteiger partial charge in [0.1, 0.15) is 0 Å². The first-order valence-corrected chi connectivity index (χ1v) is 7.52. The third kappa shape index (κ3) is 5.02. The van der Waals surface area contributed by atoms with Crippen LogP contribution in [0.1, 0.15) is 12.5 Å². The first-order valence-electron chi connectivity index (χ1n) is 7.15. The highest BCUT2D eigenvalue weighted by Crippen LogP contribution is 2.09. The van der Waals surface area contributed by atoms with Crippen LogP contribution in [-0.4, -0.2) is 49.4 Å². The van der Waals surface area contributed by atoms with Gasteiger partial charge in [-0.1, -0.05) is 23.7 Å². The molecule has 1 aliphatic rings. The second-order valence-corrected chi connectivity index (χ2v) is 5.78. The smallest absolute Gasteiger partial charge is 0.275 e. The molecule has 1 aromatic rings. The molecule has 2 N–H and O–H groups in total. The van der Waals surface area contributed by atoms with Crippen LogP contribution in [0.4, 0.5) is 0 Å². The van der Waals surface area contributed by atoms with Crippen LogP contribution in [0, 0.1) is 0 Å². The number of piperazine rings is 1. The van der Waals surface area contributed by atoms with Crippen LogP contribution in [-0.2, 0) is 16.1 Å². The Labute approximate surface area is 129 Å². The summed E-state index contributed by atoms with van der Waals surface area (Å²) < 4.78 is 0. The summed E-state index contributed by atoms with van der Waals surface area (Å²) in [7, 11) is 0. The number of nitrogens with zero attached hydrogens (tertiary/aromatic N) is 1. The largest absolute Gasteiger partial charge is 0.347 e. The Morgan fingerprint density at radius 2 is 2.05 bits per heavy atom. The molecule has 0 saturated carbocycles. The van der Waals surface area contributed by atoms with Gasteiger partial charge in [0.2, 0.25) is 5.91 Å². The molecule has 1 heterocycles. The molecule has 0 unspecified atom stereocenters. The first kappa shape index (κ1) is 15.8. The van der Waals surface area contributed by atoms with Gasteiger partial charge in [0.15, 0.2) is 6.54 Å². The standard InChI is InChI=1S/C15H20ClN3O2/c1-12(20)19-7-5-18(6-8-19)11-15(21)17-10-13-3-2-4-14(16)9-13/h2-4,9H,5-8,10-11H2,1H3,(H,17,21)/p+1. The lowest BCUT2D eigenvalue weighted by molar-refractivity contribution is -0.896. The molecule has 2 amide bonds. The monoisotopic (exact) mass is 310 g/mol. The number of amides is 2. The van der Waals surface area contributed by atoms with Crippen molar-refractivity contribution < 1.29 is 14.5 Å². The lowest BCUT2D eigenvalue weighted by atomic mass is 10.2. The van der Waals surface area contributed by atoms with Crippen molar-refractivity contribution in [2.45, 2.75) is 13.5 Å². The molecule has 21 heavy (non-hydrogen) atoms. The first-order chi connectivity index (χ1) is 10.0. The van der Waals surface area contributed by atoms with Crippen LogP contribution in [0.5, 0.6) is 0 Å². The van der Waals surface area contributed by atoms with E-state index in [4.69, 9.17) is 11.6 Å². The summed E-state index contributed by atoms with van der Waals surface area (Å²) in [5.41, 5.74) is 0.993. The Morgan fingerprint density at radius 1 is 1.33 bits per heavy atom. The van der Waals surface area contributed by atoms with Gasteiger partial charge >= 0.3 is 0 Å². The van der Waals surface area contributed by atoms with Crippen LogP contribution in [0.15, 0.2) is 24.3 Å². The molecule has 0 aromatic heterocycles. The molecule has 1 saturated heterocycles. The third-order valence-electron chi connectivity index (χ3n) is 3.71. The van der Waals surface area contributed by atoms with Crippen LogP contribution < -0.4 is 10.2 Å². The van der Waals surface area contributed by atoms with Gasteiger partial charge < -0.3 is 15.1 Å². The molecule has 0 radical (unpaired) electrons. The second-order valence-electron chi connectivity index (χ2n) is 5.34. The molecular formula is C15H21ClN3O2+. The van der Waals surface area contributed by atoms with E-state index in [0.717, 1.165) is 31.7 Å². The highest BCUT2D eigenvalue weighted by Gasteiger charge is 2.23. The lowest BCUT2D eigenvalue weighted by Crippen LogP contribution is -3.15. The summed E-state index contributed by atoms with van der Waals surface area (Å²) in [5.74, 6) is 0.140. The summed E-state index contributed by atoms with van der Waals surface area (Å²) >= 11 is 5.91. The average Bonchev–Trinajstić information content (AvgIpc) is 2.46. The zero-order valence-electron chi connectivity index (χ0n) is 12.2. The highest BCUT2D eigenvalue weighted by atomic mass is 35.5. The van der Waals surface area contributed by atoms with E-state index in [1.54, 1.807) is 6.92 Å². The van der Waals surface area contributed by atoms with Gasteiger partial charge in [0.25, 0.3) is 5.91 Å². The van der Waals surface area contributed by atoms with Gasteiger partial charge in [0.05, 0.1) is 26.2 Å². The summed E-state index contributed by atoms with van der Waals surface area (Å²) in [6.07, 6.45) is 0. The van der Waals surface area contributed by atoms with Gasteiger partial charge in [-0.15, -0.1) is 0 Å². The molecule has 1 fully saturated rings. The van der Waals surface area contributed by atoms with Crippen LogP contribution in [0.25, 0.3) is 0 Å². The molecule has 1 aliphatic heterocycles. The lowest BCUT2D eigenvalue weighted by Gasteiger charge is -2.31. The van der Waals surface area contributed by atoms with Gasteiger partial charge in [-0.25, -0.2) is 0 Å². The third-order valence-corrected chi connectivity index (χ3v) is 3.94. The maximum Gasteiger partial charge on any atom is 0.275 e. The quantitative estimate of drug-likeness (QED) is 0.802. The predicted molar refractivity (Wildman–Crippen MR) is 81.1 cm³/mol. The van der Waals surface area contributed by atoms with Crippen molar-refractivity contribution in [3.63, 3.8) is 0 Å². The average molecular weight is 311 g/mol. The number of hydrogen-bond acceptors (Lipinski definition) is 2. The van der Waals surface area contributed by atoms with E-state index in [2.05, 4.69) is 5.32 Å². The number of benzene rings is 1. The van der Waals surface area contributed by atoms with Crippen LogP contribution >= 0.6 is 11.6 Å². The summed E-state index contributed by atoms with van der Waals surface area (Å²) in [4.78, 5) is 26.2. The van der Waals surface area contributed by atoms with Crippen LogP contribution in [0.3, 0.4) is 0 Å².